The van der Waals surface area contributed by atoms with Crippen molar-refractivity contribution in [2.75, 3.05) is 13.1 Å². The molecule has 96 valence electrons. The summed E-state index contributed by atoms with van der Waals surface area (Å²) in [6.07, 6.45) is 1.88. The second kappa shape index (κ2) is 5.39. The number of rotatable bonds is 4. The van der Waals surface area contributed by atoms with Crippen LogP contribution in [-0.2, 0) is 15.8 Å². The summed E-state index contributed by atoms with van der Waals surface area (Å²) in [7, 11) is -3.21. The van der Waals surface area contributed by atoms with E-state index in [9.17, 15) is 8.42 Å². The van der Waals surface area contributed by atoms with Crippen molar-refractivity contribution in [3.8, 4) is 0 Å². The van der Waals surface area contributed by atoms with E-state index < -0.39 is 10.0 Å². The van der Waals surface area contributed by atoms with E-state index in [1.165, 1.54) is 4.31 Å². The molecule has 0 amide bonds. The highest BCUT2D eigenvalue weighted by Crippen LogP contribution is 2.19. The third kappa shape index (κ3) is 3.01. The van der Waals surface area contributed by atoms with Crippen LogP contribution in [0.1, 0.15) is 18.4 Å². The van der Waals surface area contributed by atoms with Crippen LogP contribution in [0, 0.1) is 0 Å². The molecule has 7 heteroatoms. The molecule has 0 N–H and O–H groups in total. The van der Waals surface area contributed by atoms with Crippen LogP contribution in [0.15, 0.2) is 29.4 Å². The molecule has 2 rings (SSSR count). The van der Waals surface area contributed by atoms with Crippen LogP contribution in [0.3, 0.4) is 0 Å². The second-order valence-corrected chi connectivity index (χ2v) is 6.19. The smallest absolute Gasteiger partial charge is 0.212 e. The average Bonchev–Trinajstić information content (AvgIpc) is 2.86. The molecule has 1 saturated heterocycles. The Kier molecular flexibility index (Phi) is 3.86. The maximum absolute atomic E-state index is 12.1. The lowest BCUT2D eigenvalue weighted by atomic mass is 10.2. The van der Waals surface area contributed by atoms with Gasteiger partial charge in [-0.15, -0.1) is 0 Å². The molecule has 0 atom stereocenters. The first-order chi connectivity index (χ1) is 8.62. The van der Waals surface area contributed by atoms with E-state index in [4.69, 9.17) is 5.53 Å². The highest BCUT2D eigenvalue weighted by Gasteiger charge is 2.25. The van der Waals surface area contributed by atoms with Crippen LogP contribution in [0.2, 0.25) is 0 Å². The highest BCUT2D eigenvalue weighted by atomic mass is 32.2. The number of nitrogens with zero attached hydrogens (tertiary/aromatic N) is 4. The van der Waals surface area contributed by atoms with Crippen molar-refractivity contribution in [1.29, 1.82) is 0 Å². The summed E-state index contributed by atoms with van der Waals surface area (Å²) in [4.78, 5) is 2.67. The van der Waals surface area contributed by atoms with Crippen molar-refractivity contribution < 1.29 is 8.42 Å². The van der Waals surface area contributed by atoms with E-state index in [1.54, 1.807) is 24.3 Å². The van der Waals surface area contributed by atoms with E-state index in [2.05, 4.69) is 10.0 Å². The summed E-state index contributed by atoms with van der Waals surface area (Å²) < 4.78 is 25.6. The fourth-order valence-electron chi connectivity index (χ4n) is 1.98. The fourth-order valence-corrected chi connectivity index (χ4v) is 3.59. The zero-order valence-corrected chi connectivity index (χ0v) is 10.7. The van der Waals surface area contributed by atoms with Gasteiger partial charge < -0.3 is 0 Å². The minimum atomic E-state index is -3.21. The molecule has 6 nitrogen and oxygen atoms in total. The molecule has 1 aliphatic heterocycles. The van der Waals surface area contributed by atoms with E-state index in [0.717, 1.165) is 12.8 Å². The third-order valence-electron chi connectivity index (χ3n) is 2.90. The summed E-state index contributed by atoms with van der Waals surface area (Å²) in [6, 6.07) is 6.60. The summed E-state index contributed by atoms with van der Waals surface area (Å²) >= 11 is 0. The highest BCUT2D eigenvalue weighted by molar-refractivity contribution is 7.88. The summed E-state index contributed by atoms with van der Waals surface area (Å²) in [6.45, 7) is 1.25. The van der Waals surface area contributed by atoms with Gasteiger partial charge in [-0.2, -0.15) is 0 Å². The number of hydrogen-bond donors (Lipinski definition) is 0. The van der Waals surface area contributed by atoms with Gasteiger partial charge in [-0.25, -0.2) is 12.7 Å². The fraction of sp³-hybridized carbons (Fsp3) is 0.455. The van der Waals surface area contributed by atoms with Crippen LogP contribution in [0.5, 0.6) is 0 Å². The Labute approximate surface area is 106 Å². The minimum absolute atomic E-state index is 0.00352. The second-order valence-electron chi connectivity index (χ2n) is 4.22. The molecule has 0 unspecified atom stereocenters. The lowest BCUT2D eigenvalue weighted by molar-refractivity contribution is 0.476. The van der Waals surface area contributed by atoms with Gasteiger partial charge in [0, 0.05) is 23.7 Å². The summed E-state index contributed by atoms with van der Waals surface area (Å²) in [5.74, 6) is 0.00352. The van der Waals surface area contributed by atoms with Crippen LogP contribution in [-0.4, -0.2) is 25.8 Å². The maximum atomic E-state index is 12.1. The predicted molar refractivity (Wildman–Crippen MR) is 68.7 cm³/mol. The summed E-state index contributed by atoms with van der Waals surface area (Å²) in [5, 5.41) is 3.44. The molecule has 0 bridgehead atoms. The van der Waals surface area contributed by atoms with E-state index in [0.29, 0.717) is 24.3 Å². The third-order valence-corrected chi connectivity index (χ3v) is 4.75. The van der Waals surface area contributed by atoms with Gasteiger partial charge in [-0.1, -0.05) is 29.4 Å². The van der Waals surface area contributed by atoms with Crippen LogP contribution in [0.25, 0.3) is 10.4 Å². The molecule has 0 aliphatic carbocycles. The van der Waals surface area contributed by atoms with Gasteiger partial charge in [0.1, 0.15) is 0 Å². The Morgan fingerprint density at radius 3 is 2.39 bits per heavy atom. The molecule has 1 aromatic carbocycles. The van der Waals surface area contributed by atoms with Gasteiger partial charge >= 0.3 is 0 Å². The Balaban J connectivity index is 2.11. The van der Waals surface area contributed by atoms with Crippen molar-refractivity contribution in [3.05, 3.63) is 40.3 Å². The van der Waals surface area contributed by atoms with Gasteiger partial charge in [0.15, 0.2) is 0 Å². The monoisotopic (exact) mass is 266 g/mol. The number of azide groups is 1. The first kappa shape index (κ1) is 12.9. The zero-order chi connectivity index (χ0) is 13.0. The standard InChI is InChI=1S/C11H14N4O2S/c12-14-13-11-5-3-10(4-6-11)9-18(16,17)15-7-1-2-8-15/h3-6H,1-2,7-9H2. The Bertz CT molecular complexity index is 555. The lowest BCUT2D eigenvalue weighted by Crippen LogP contribution is -2.29. The van der Waals surface area contributed by atoms with Gasteiger partial charge in [0.05, 0.1) is 5.75 Å². The first-order valence-electron chi connectivity index (χ1n) is 5.74. The largest absolute Gasteiger partial charge is 0.218 e. The van der Waals surface area contributed by atoms with Crippen molar-refractivity contribution >= 4 is 15.7 Å². The Morgan fingerprint density at radius 1 is 1.22 bits per heavy atom. The van der Waals surface area contributed by atoms with E-state index in [1.807, 2.05) is 0 Å². The van der Waals surface area contributed by atoms with Crippen molar-refractivity contribution in [2.24, 2.45) is 5.11 Å². The van der Waals surface area contributed by atoms with Gasteiger partial charge in [-0.3, -0.25) is 0 Å². The van der Waals surface area contributed by atoms with Crippen molar-refractivity contribution in [2.45, 2.75) is 18.6 Å². The number of hydrogen-bond acceptors (Lipinski definition) is 3. The molecule has 1 aromatic rings. The molecule has 0 spiro atoms. The van der Waals surface area contributed by atoms with Crippen LogP contribution < -0.4 is 0 Å². The van der Waals surface area contributed by atoms with Crippen molar-refractivity contribution in [1.82, 2.24) is 4.31 Å². The van der Waals surface area contributed by atoms with Gasteiger partial charge in [-0.05, 0) is 23.9 Å². The molecule has 1 aliphatic rings. The molecule has 0 radical (unpaired) electrons. The zero-order valence-electron chi connectivity index (χ0n) is 9.86. The van der Waals surface area contributed by atoms with Gasteiger partial charge in [0.2, 0.25) is 10.0 Å². The molecule has 18 heavy (non-hydrogen) atoms. The van der Waals surface area contributed by atoms with E-state index >= 15 is 0 Å². The van der Waals surface area contributed by atoms with Crippen molar-refractivity contribution in [3.63, 3.8) is 0 Å². The molecule has 1 heterocycles. The predicted octanol–water partition coefficient (Wildman–Crippen LogP) is 2.55. The molecule has 0 saturated carbocycles. The Hall–Kier alpha value is -1.56. The number of benzene rings is 1. The SMILES string of the molecule is [N-]=[N+]=Nc1ccc(CS(=O)(=O)N2CCCC2)cc1. The van der Waals surface area contributed by atoms with E-state index in [-0.39, 0.29) is 5.75 Å². The average molecular weight is 266 g/mol. The topological polar surface area (TPSA) is 86.1 Å². The molecular weight excluding hydrogens is 252 g/mol. The Morgan fingerprint density at radius 2 is 1.83 bits per heavy atom. The number of sulfonamides is 1. The first-order valence-corrected chi connectivity index (χ1v) is 7.34. The lowest BCUT2D eigenvalue weighted by Gasteiger charge is -2.15. The molecular formula is C11H14N4O2S. The van der Waals surface area contributed by atoms with Crippen LogP contribution >= 0.6 is 0 Å². The normalized spacial score (nSPS) is 16.4. The molecule has 0 aromatic heterocycles. The quantitative estimate of drug-likeness (QED) is 0.476. The van der Waals surface area contributed by atoms with Crippen LogP contribution in [0.4, 0.5) is 5.69 Å². The summed E-state index contributed by atoms with van der Waals surface area (Å²) in [5.41, 5.74) is 9.47. The van der Waals surface area contributed by atoms with Gasteiger partial charge in [0.25, 0.3) is 0 Å². The minimum Gasteiger partial charge on any atom is -0.212 e. The molecule has 1 fully saturated rings. The maximum Gasteiger partial charge on any atom is 0.218 e.